The number of alkyl halides is 6. The number of nitrogens with zero attached hydrogens (tertiary/aromatic N) is 2. The maximum absolute atomic E-state index is 13.1. The van der Waals surface area contributed by atoms with Gasteiger partial charge in [0.2, 0.25) is 0 Å². The Kier molecular flexibility index (Phi) is 11.3. The minimum Gasteiger partial charge on any atom is -0.321 e. The largest absolute Gasteiger partial charge is 0.416 e. The van der Waals surface area contributed by atoms with Crippen LogP contribution < -0.4 is 10.6 Å². The smallest absolute Gasteiger partial charge is 0.321 e. The Morgan fingerprint density at radius 1 is 0.604 bits per heavy atom. The number of hydrogen-bond acceptors (Lipinski definition) is 3. The second-order valence-electron chi connectivity index (χ2n) is 13.3. The number of amides is 4. The molecule has 6 nitrogen and oxygen atoms in total. The van der Waals surface area contributed by atoms with E-state index < -0.39 is 23.5 Å². The van der Waals surface area contributed by atoms with Gasteiger partial charge in [0, 0.05) is 46.3 Å². The van der Waals surface area contributed by atoms with Gasteiger partial charge >= 0.3 is 24.4 Å². The number of carbonyl (C=O) groups excluding carboxylic acids is 2. The summed E-state index contributed by atoms with van der Waals surface area (Å²) in [6, 6.07) is 21.0. The van der Waals surface area contributed by atoms with Crippen LogP contribution in [0.25, 0.3) is 0 Å². The van der Waals surface area contributed by atoms with E-state index in [1.807, 2.05) is 13.8 Å². The molecule has 2 aliphatic rings. The zero-order chi connectivity index (χ0) is 37.9. The molecule has 2 unspecified atom stereocenters. The third-order valence-electron chi connectivity index (χ3n) is 10.0. The molecule has 13 heteroatoms. The lowest BCUT2D eigenvalue weighted by atomic mass is 9.87. The summed E-state index contributed by atoms with van der Waals surface area (Å²) in [5.74, 6) is 0. The highest BCUT2D eigenvalue weighted by Crippen LogP contribution is 2.36. The van der Waals surface area contributed by atoms with Crippen LogP contribution in [0, 0.1) is 0 Å². The van der Waals surface area contributed by atoms with Crippen molar-refractivity contribution in [2.75, 3.05) is 23.7 Å². The molecule has 0 heterocycles. The number of halogens is 6. The van der Waals surface area contributed by atoms with Gasteiger partial charge in [-0.05, 0) is 147 Å². The van der Waals surface area contributed by atoms with Crippen LogP contribution >= 0.6 is 11.8 Å². The minimum absolute atomic E-state index is 0.0376. The Morgan fingerprint density at radius 3 is 1.32 bits per heavy atom. The number of nitrogens with one attached hydrogen (secondary N) is 2. The number of anilines is 2. The number of aryl methyl sites for hydroxylation is 2. The zero-order valence-electron chi connectivity index (χ0n) is 29.3. The van der Waals surface area contributed by atoms with E-state index in [0.717, 1.165) is 59.7 Å². The van der Waals surface area contributed by atoms with Crippen molar-refractivity contribution in [1.29, 1.82) is 0 Å². The number of likely N-dealkylation sites (N-methyl/N-ethyl adjacent to an activating group) is 2. The highest BCUT2D eigenvalue weighted by atomic mass is 32.2. The van der Waals surface area contributed by atoms with E-state index in [4.69, 9.17) is 0 Å². The normalized spacial score (nSPS) is 17.0. The predicted molar refractivity (Wildman–Crippen MR) is 194 cm³/mol. The molecule has 53 heavy (non-hydrogen) atoms. The third-order valence-corrected chi connectivity index (χ3v) is 11.0. The summed E-state index contributed by atoms with van der Waals surface area (Å²) in [5, 5.41) is 5.50. The first-order chi connectivity index (χ1) is 25.2. The topological polar surface area (TPSA) is 64.7 Å². The molecule has 0 saturated heterocycles. The van der Waals surface area contributed by atoms with Crippen molar-refractivity contribution in [2.24, 2.45) is 0 Å². The number of rotatable bonds is 8. The molecule has 280 valence electrons. The van der Waals surface area contributed by atoms with E-state index in [9.17, 15) is 35.9 Å². The van der Waals surface area contributed by atoms with E-state index in [1.165, 1.54) is 46.5 Å². The van der Waals surface area contributed by atoms with E-state index in [0.29, 0.717) is 37.3 Å². The van der Waals surface area contributed by atoms with Crippen molar-refractivity contribution in [3.05, 3.63) is 118 Å². The van der Waals surface area contributed by atoms with Crippen LogP contribution in [0.5, 0.6) is 0 Å². The second kappa shape index (κ2) is 15.8. The summed E-state index contributed by atoms with van der Waals surface area (Å²) in [7, 11) is 0. The Bertz CT molecular complexity index is 1790. The van der Waals surface area contributed by atoms with Crippen molar-refractivity contribution in [2.45, 2.75) is 86.6 Å². The summed E-state index contributed by atoms with van der Waals surface area (Å²) >= 11 is 1.68. The maximum Gasteiger partial charge on any atom is 0.416 e. The van der Waals surface area contributed by atoms with Crippen LogP contribution in [0.15, 0.2) is 94.7 Å². The molecule has 0 bridgehead atoms. The first-order valence-electron chi connectivity index (χ1n) is 17.6. The van der Waals surface area contributed by atoms with Crippen molar-refractivity contribution in [3.8, 4) is 0 Å². The quantitative estimate of drug-likeness (QED) is 0.176. The summed E-state index contributed by atoms with van der Waals surface area (Å²) in [6.45, 7) is 4.71. The number of carbonyl (C=O) groups is 2. The number of benzene rings is 4. The molecule has 2 aliphatic carbocycles. The standard InChI is InChI=1S/C40H40F6N4O2S/c1-3-49(37(51)47-31-13-9-29(10-14-31)39(41,42)43)33-17-5-27-23-35(19-7-25(27)21-33)53-36-20-8-26-22-34(18-6-28(26)24-36)50(4-2)38(52)48-32-15-11-30(12-16-32)40(44,45)46/h7-16,19-20,23-24,33-34H,3-6,17-18,21-22H2,1-2H3,(H,47,51)(H,48,52). The lowest BCUT2D eigenvalue weighted by molar-refractivity contribution is -0.138. The van der Waals surface area contributed by atoms with Crippen molar-refractivity contribution in [3.63, 3.8) is 0 Å². The highest BCUT2D eigenvalue weighted by molar-refractivity contribution is 7.99. The molecule has 4 aromatic rings. The van der Waals surface area contributed by atoms with Crippen LogP contribution in [-0.2, 0) is 38.0 Å². The van der Waals surface area contributed by atoms with E-state index in [-0.39, 0.29) is 24.1 Å². The Labute approximate surface area is 308 Å². The number of fused-ring (bicyclic) bond motifs is 2. The Balaban J connectivity index is 1.04. The van der Waals surface area contributed by atoms with Crippen molar-refractivity contribution >= 4 is 35.2 Å². The van der Waals surface area contributed by atoms with Gasteiger partial charge in [-0.25, -0.2) is 9.59 Å². The van der Waals surface area contributed by atoms with Gasteiger partial charge in [-0.2, -0.15) is 26.3 Å². The SMILES string of the molecule is CCN(C(=O)Nc1ccc(C(F)(F)F)cc1)C1CCc2cc(Sc3ccc4c(c3)CCC(N(CC)C(=O)Nc3ccc(C(F)(F)F)cc3)C4)ccc2C1. The summed E-state index contributed by atoms with van der Waals surface area (Å²) in [5.41, 5.74) is 3.91. The van der Waals surface area contributed by atoms with Gasteiger partial charge in [-0.3, -0.25) is 0 Å². The molecule has 4 amide bonds. The van der Waals surface area contributed by atoms with E-state index >= 15 is 0 Å². The molecule has 0 fully saturated rings. The first kappa shape index (κ1) is 38.1. The molecule has 0 radical (unpaired) electrons. The lowest BCUT2D eigenvalue weighted by Gasteiger charge is -2.35. The number of hydrogen-bond donors (Lipinski definition) is 2. The number of urea groups is 2. The van der Waals surface area contributed by atoms with Crippen molar-refractivity contribution in [1.82, 2.24) is 9.80 Å². The monoisotopic (exact) mass is 754 g/mol. The molecular weight excluding hydrogens is 715 g/mol. The average Bonchev–Trinajstić information content (AvgIpc) is 3.12. The molecule has 6 rings (SSSR count). The fourth-order valence-electron chi connectivity index (χ4n) is 7.23. The molecule has 0 aromatic heterocycles. The van der Waals surface area contributed by atoms with Crippen LogP contribution in [0.4, 0.5) is 47.3 Å². The zero-order valence-corrected chi connectivity index (χ0v) is 30.1. The Morgan fingerprint density at radius 2 is 0.981 bits per heavy atom. The lowest BCUT2D eigenvalue weighted by Crippen LogP contribution is -2.45. The highest BCUT2D eigenvalue weighted by Gasteiger charge is 2.32. The van der Waals surface area contributed by atoms with Gasteiger partial charge in [0.25, 0.3) is 0 Å². The maximum atomic E-state index is 13.1. The van der Waals surface area contributed by atoms with Crippen LogP contribution in [0.3, 0.4) is 0 Å². The van der Waals surface area contributed by atoms with Gasteiger partial charge in [-0.1, -0.05) is 23.9 Å². The fourth-order valence-corrected chi connectivity index (χ4v) is 8.18. The second-order valence-corrected chi connectivity index (χ2v) is 14.5. The molecule has 2 atom stereocenters. The van der Waals surface area contributed by atoms with Gasteiger partial charge in [0.15, 0.2) is 0 Å². The van der Waals surface area contributed by atoms with Crippen LogP contribution in [0.2, 0.25) is 0 Å². The van der Waals surface area contributed by atoms with E-state index in [2.05, 4.69) is 47.0 Å². The minimum atomic E-state index is -4.44. The van der Waals surface area contributed by atoms with Crippen molar-refractivity contribution < 1.29 is 35.9 Å². The molecule has 2 N–H and O–H groups in total. The summed E-state index contributed by atoms with van der Waals surface area (Å²) < 4.78 is 77.6. The van der Waals surface area contributed by atoms with Crippen LogP contribution in [0.1, 0.15) is 60.1 Å². The first-order valence-corrected chi connectivity index (χ1v) is 18.4. The predicted octanol–water partition coefficient (Wildman–Crippen LogP) is 10.7. The summed E-state index contributed by atoms with van der Waals surface area (Å²) in [4.78, 5) is 32.0. The molecule has 4 aromatic carbocycles. The van der Waals surface area contributed by atoms with Gasteiger partial charge in [0.1, 0.15) is 0 Å². The fraction of sp³-hybridized carbons (Fsp3) is 0.350. The third kappa shape index (κ3) is 9.12. The molecule has 0 saturated carbocycles. The van der Waals surface area contributed by atoms with Gasteiger partial charge in [-0.15, -0.1) is 0 Å². The van der Waals surface area contributed by atoms with E-state index in [1.54, 1.807) is 21.6 Å². The van der Waals surface area contributed by atoms with Gasteiger partial charge < -0.3 is 20.4 Å². The van der Waals surface area contributed by atoms with Crippen LogP contribution in [-0.4, -0.2) is 47.0 Å². The average molecular weight is 755 g/mol. The molecule has 0 spiro atoms. The Hall–Kier alpha value is -4.65. The summed E-state index contributed by atoms with van der Waals surface area (Å²) in [6.07, 6.45) is -4.38. The molecular formula is C40H40F6N4O2S. The van der Waals surface area contributed by atoms with Gasteiger partial charge in [0.05, 0.1) is 11.1 Å². The molecule has 0 aliphatic heterocycles.